The highest BCUT2D eigenvalue weighted by molar-refractivity contribution is 5.95. The van der Waals surface area contributed by atoms with Crippen molar-refractivity contribution in [3.63, 3.8) is 0 Å². The Bertz CT molecular complexity index is 756. The van der Waals surface area contributed by atoms with Gasteiger partial charge in [0.05, 0.1) is 12.7 Å². The Hall–Kier alpha value is -2.18. The van der Waals surface area contributed by atoms with Crippen LogP contribution in [0.15, 0.2) is 36.4 Å². The summed E-state index contributed by atoms with van der Waals surface area (Å²) in [6, 6.07) is 8.13. The normalized spacial score (nSPS) is 11.4. The molecule has 1 atom stereocenters. The predicted octanol–water partition coefficient (Wildman–Crippen LogP) is 3.48. The first-order valence-electron chi connectivity index (χ1n) is 7.49. The third-order valence-electron chi connectivity index (χ3n) is 4.01. The van der Waals surface area contributed by atoms with Gasteiger partial charge in [-0.25, -0.2) is 8.78 Å². The summed E-state index contributed by atoms with van der Waals surface area (Å²) in [5.41, 5.74) is 6.03. The topological polar surface area (TPSA) is 55.6 Å². The number of carbonyl (C=O) groups excluding carboxylic acids is 1. The number of amides is 1. The second-order valence-electron chi connectivity index (χ2n) is 5.54. The van der Waals surface area contributed by atoms with Crippen molar-refractivity contribution >= 4 is 18.3 Å². The molecule has 1 amide bonds. The van der Waals surface area contributed by atoms with E-state index in [1.165, 1.54) is 36.3 Å². The maximum atomic E-state index is 14.4. The molecule has 0 fully saturated rings. The molecule has 0 saturated heterocycles. The number of hydrogen-bond acceptors (Lipinski definition) is 3. The van der Waals surface area contributed by atoms with Crippen LogP contribution in [0.5, 0.6) is 5.75 Å². The zero-order valence-corrected chi connectivity index (χ0v) is 15.1. The molecule has 0 heterocycles. The van der Waals surface area contributed by atoms with Crippen molar-refractivity contribution in [3.8, 4) is 16.9 Å². The zero-order valence-electron chi connectivity index (χ0n) is 14.3. The number of carbonyl (C=O) groups is 1. The minimum absolute atomic E-state index is 0. The van der Waals surface area contributed by atoms with Crippen molar-refractivity contribution in [1.29, 1.82) is 0 Å². The summed E-state index contributed by atoms with van der Waals surface area (Å²) in [6.07, 6.45) is 0. The van der Waals surface area contributed by atoms with Crippen LogP contribution in [0.2, 0.25) is 0 Å². The Morgan fingerprint density at radius 3 is 2.40 bits per heavy atom. The molecule has 0 spiro atoms. The van der Waals surface area contributed by atoms with E-state index in [4.69, 9.17) is 10.5 Å². The maximum absolute atomic E-state index is 14.4. The van der Waals surface area contributed by atoms with Crippen LogP contribution in [0.3, 0.4) is 0 Å². The monoisotopic (exact) mass is 370 g/mol. The first-order valence-corrected chi connectivity index (χ1v) is 7.49. The molecular formula is C18H21ClF2N2O2. The van der Waals surface area contributed by atoms with Gasteiger partial charge in [0.1, 0.15) is 17.4 Å². The Morgan fingerprint density at radius 1 is 1.20 bits per heavy atom. The number of likely N-dealkylation sites (N-methyl/N-ethyl adjacent to an activating group) is 1. The molecule has 0 aliphatic carbocycles. The fourth-order valence-electron chi connectivity index (χ4n) is 2.26. The van der Waals surface area contributed by atoms with E-state index in [9.17, 15) is 13.6 Å². The molecule has 0 saturated carbocycles. The van der Waals surface area contributed by atoms with Crippen LogP contribution in [-0.4, -0.2) is 37.6 Å². The molecule has 2 rings (SSSR count). The van der Waals surface area contributed by atoms with Crippen LogP contribution >= 0.6 is 12.4 Å². The van der Waals surface area contributed by atoms with Gasteiger partial charge in [0.25, 0.3) is 5.91 Å². The highest BCUT2D eigenvalue weighted by atomic mass is 35.5. The average Bonchev–Trinajstić information content (AvgIpc) is 2.59. The molecule has 136 valence electrons. The van der Waals surface area contributed by atoms with Gasteiger partial charge in [0.15, 0.2) is 0 Å². The number of nitrogens with zero attached hydrogens (tertiary/aromatic N) is 1. The molecular weight excluding hydrogens is 350 g/mol. The predicted molar refractivity (Wildman–Crippen MR) is 96.2 cm³/mol. The lowest BCUT2D eigenvalue weighted by Crippen LogP contribution is -2.40. The molecule has 2 N–H and O–H groups in total. The molecule has 0 aliphatic heterocycles. The minimum atomic E-state index is -0.705. The molecule has 25 heavy (non-hydrogen) atoms. The molecule has 0 bridgehead atoms. The van der Waals surface area contributed by atoms with Crippen LogP contribution in [-0.2, 0) is 0 Å². The Labute approximate surface area is 152 Å². The fraction of sp³-hybridized carbons (Fsp3) is 0.278. The van der Waals surface area contributed by atoms with Gasteiger partial charge in [-0.05, 0) is 36.8 Å². The van der Waals surface area contributed by atoms with Crippen molar-refractivity contribution < 1.29 is 18.3 Å². The van der Waals surface area contributed by atoms with Gasteiger partial charge < -0.3 is 15.4 Å². The van der Waals surface area contributed by atoms with Gasteiger partial charge in [0.2, 0.25) is 0 Å². The summed E-state index contributed by atoms with van der Waals surface area (Å²) in [6.45, 7) is 2.05. The molecule has 2 aromatic rings. The van der Waals surface area contributed by atoms with Crippen molar-refractivity contribution in [1.82, 2.24) is 4.90 Å². The van der Waals surface area contributed by atoms with E-state index in [1.807, 2.05) is 0 Å². The number of halogens is 3. The lowest BCUT2D eigenvalue weighted by molar-refractivity contribution is 0.0743. The number of benzene rings is 2. The molecule has 0 aromatic heterocycles. The Kier molecular flexibility index (Phi) is 7.33. The first-order chi connectivity index (χ1) is 11.4. The summed E-state index contributed by atoms with van der Waals surface area (Å²) in [5.74, 6) is -1.32. The molecule has 0 radical (unpaired) electrons. The summed E-state index contributed by atoms with van der Waals surface area (Å²) in [5, 5.41) is 0. The molecule has 2 aromatic carbocycles. The number of rotatable bonds is 5. The van der Waals surface area contributed by atoms with E-state index in [-0.39, 0.29) is 36.1 Å². The van der Waals surface area contributed by atoms with Crippen LogP contribution < -0.4 is 10.5 Å². The largest absolute Gasteiger partial charge is 0.497 e. The van der Waals surface area contributed by atoms with Crippen LogP contribution in [0.25, 0.3) is 11.1 Å². The van der Waals surface area contributed by atoms with Gasteiger partial charge in [-0.3, -0.25) is 4.79 Å². The molecule has 1 unspecified atom stereocenters. The highest BCUT2D eigenvalue weighted by Gasteiger charge is 2.20. The van der Waals surface area contributed by atoms with E-state index in [0.717, 1.165) is 6.07 Å². The highest BCUT2D eigenvalue weighted by Crippen LogP contribution is 2.28. The Balaban J connectivity index is 0.00000312. The third kappa shape index (κ3) is 4.46. The molecule has 4 nitrogen and oxygen atoms in total. The number of methoxy groups -OCH3 is 1. The van der Waals surface area contributed by atoms with E-state index < -0.39 is 17.5 Å². The maximum Gasteiger partial charge on any atom is 0.256 e. The minimum Gasteiger partial charge on any atom is -0.497 e. The van der Waals surface area contributed by atoms with Gasteiger partial charge in [0, 0.05) is 31.3 Å². The van der Waals surface area contributed by atoms with E-state index in [1.54, 1.807) is 20.0 Å². The molecule has 7 heteroatoms. The quantitative estimate of drug-likeness (QED) is 0.876. The fourth-order valence-corrected chi connectivity index (χ4v) is 2.26. The lowest BCUT2D eigenvalue weighted by Gasteiger charge is -2.24. The van der Waals surface area contributed by atoms with Gasteiger partial charge in [-0.15, -0.1) is 12.4 Å². The van der Waals surface area contributed by atoms with Crippen LogP contribution in [0.4, 0.5) is 8.78 Å². The second kappa shape index (κ2) is 8.78. The van der Waals surface area contributed by atoms with Gasteiger partial charge >= 0.3 is 0 Å². The number of hydrogen-bond donors (Lipinski definition) is 1. The van der Waals surface area contributed by atoms with E-state index in [0.29, 0.717) is 11.3 Å². The molecule has 0 aliphatic rings. The van der Waals surface area contributed by atoms with E-state index in [2.05, 4.69) is 0 Å². The number of nitrogens with two attached hydrogens (primary N) is 1. The smallest absolute Gasteiger partial charge is 0.256 e. The first kappa shape index (κ1) is 20.9. The zero-order chi connectivity index (χ0) is 17.9. The average molecular weight is 371 g/mol. The van der Waals surface area contributed by atoms with Crippen LogP contribution in [0, 0.1) is 11.6 Å². The van der Waals surface area contributed by atoms with Gasteiger partial charge in [-0.2, -0.15) is 0 Å². The van der Waals surface area contributed by atoms with Crippen molar-refractivity contribution in [3.05, 3.63) is 53.6 Å². The van der Waals surface area contributed by atoms with Crippen molar-refractivity contribution in [2.75, 3.05) is 20.7 Å². The SMILES string of the molecule is COc1ccc(-c2ccc(C(=O)N(C)C(C)CN)c(F)c2)c(F)c1.Cl. The lowest BCUT2D eigenvalue weighted by atomic mass is 10.0. The Morgan fingerprint density at radius 2 is 1.88 bits per heavy atom. The third-order valence-corrected chi connectivity index (χ3v) is 4.01. The van der Waals surface area contributed by atoms with E-state index >= 15 is 0 Å². The van der Waals surface area contributed by atoms with Gasteiger partial charge in [-0.1, -0.05) is 6.07 Å². The second-order valence-corrected chi connectivity index (χ2v) is 5.54. The van der Waals surface area contributed by atoms with Crippen molar-refractivity contribution in [2.24, 2.45) is 5.73 Å². The summed E-state index contributed by atoms with van der Waals surface area (Å²) < 4.78 is 33.4. The standard InChI is InChI=1S/C18H20F2N2O2.ClH/c1-11(10-21)22(2)18(23)15-6-4-12(8-16(15)19)14-7-5-13(24-3)9-17(14)20;/h4-9,11H,10,21H2,1-3H3;1H. The van der Waals surface area contributed by atoms with Crippen LogP contribution in [0.1, 0.15) is 17.3 Å². The van der Waals surface area contributed by atoms with Crippen molar-refractivity contribution in [2.45, 2.75) is 13.0 Å². The summed E-state index contributed by atoms with van der Waals surface area (Å²) in [7, 11) is 3.00. The number of ether oxygens (including phenoxy) is 1. The summed E-state index contributed by atoms with van der Waals surface area (Å²) >= 11 is 0. The summed E-state index contributed by atoms with van der Waals surface area (Å²) in [4.78, 5) is 13.7.